The summed E-state index contributed by atoms with van der Waals surface area (Å²) in [5.41, 5.74) is 0.706. The van der Waals surface area contributed by atoms with E-state index >= 15 is 0 Å². The lowest BCUT2D eigenvalue weighted by Crippen LogP contribution is -2.49. The van der Waals surface area contributed by atoms with Crippen LogP contribution in [0.15, 0.2) is 0 Å². The van der Waals surface area contributed by atoms with Gasteiger partial charge in [-0.15, -0.1) is 0 Å². The summed E-state index contributed by atoms with van der Waals surface area (Å²) in [4.78, 5) is 8.25. The lowest BCUT2D eigenvalue weighted by molar-refractivity contribution is 0.0936. The highest BCUT2D eigenvalue weighted by Crippen LogP contribution is 2.51. The van der Waals surface area contributed by atoms with Crippen LogP contribution in [-0.2, 0) is 0 Å². The van der Waals surface area contributed by atoms with Crippen LogP contribution in [0.5, 0.6) is 0 Å². The Kier molecular flexibility index (Phi) is 8.05. The Hall–Kier alpha value is -0.120. The fourth-order valence-corrected chi connectivity index (χ4v) is 5.74. The van der Waals surface area contributed by atoms with Crippen molar-refractivity contribution in [2.24, 2.45) is 17.3 Å². The Morgan fingerprint density at radius 1 is 0.778 bits per heavy atom. The number of rotatable bonds is 7. The molecular formula is C24H47N3. The van der Waals surface area contributed by atoms with Crippen LogP contribution in [0.2, 0.25) is 0 Å². The third-order valence-electron chi connectivity index (χ3n) is 7.43. The van der Waals surface area contributed by atoms with Gasteiger partial charge in [-0.1, -0.05) is 20.3 Å². The molecule has 0 aromatic heterocycles. The molecule has 1 saturated carbocycles. The SMILES string of the molecule is CC(C)CC1(CN2CCCC[C@@H](CN3CCN(C(C)C)CC3)CCC2)CC1. The van der Waals surface area contributed by atoms with E-state index < -0.39 is 0 Å². The molecule has 3 rings (SSSR count). The monoisotopic (exact) mass is 377 g/mol. The molecule has 3 nitrogen and oxygen atoms in total. The molecule has 1 atom stereocenters. The van der Waals surface area contributed by atoms with Crippen LogP contribution in [0.25, 0.3) is 0 Å². The summed E-state index contributed by atoms with van der Waals surface area (Å²) in [5, 5.41) is 0. The van der Waals surface area contributed by atoms with Gasteiger partial charge in [-0.05, 0) is 89.1 Å². The van der Waals surface area contributed by atoms with E-state index in [2.05, 4.69) is 42.4 Å². The standard InChI is InChI=1S/C24H47N3/c1-21(2)18-24(10-11-24)20-26-12-6-5-8-23(9-7-13-26)19-25-14-16-27(17-15-25)22(3)4/h21-23H,5-20H2,1-4H3/t23-/m1/s1. The van der Waals surface area contributed by atoms with E-state index in [9.17, 15) is 0 Å². The minimum atomic E-state index is 0.706. The van der Waals surface area contributed by atoms with Gasteiger partial charge in [-0.2, -0.15) is 0 Å². The largest absolute Gasteiger partial charge is 0.303 e. The van der Waals surface area contributed by atoms with Gasteiger partial charge in [0, 0.05) is 45.3 Å². The predicted molar refractivity (Wildman–Crippen MR) is 117 cm³/mol. The van der Waals surface area contributed by atoms with E-state index in [1.807, 2.05) is 0 Å². The maximum Gasteiger partial charge on any atom is 0.0113 e. The molecule has 0 unspecified atom stereocenters. The summed E-state index contributed by atoms with van der Waals surface area (Å²) in [7, 11) is 0. The summed E-state index contributed by atoms with van der Waals surface area (Å²) < 4.78 is 0. The Morgan fingerprint density at radius 3 is 2.07 bits per heavy atom. The number of nitrogens with zero attached hydrogens (tertiary/aromatic N) is 3. The molecule has 2 saturated heterocycles. The van der Waals surface area contributed by atoms with Gasteiger partial charge in [0.2, 0.25) is 0 Å². The molecule has 0 spiro atoms. The van der Waals surface area contributed by atoms with Gasteiger partial charge >= 0.3 is 0 Å². The van der Waals surface area contributed by atoms with E-state index in [-0.39, 0.29) is 0 Å². The maximum atomic E-state index is 2.85. The van der Waals surface area contributed by atoms with Crippen molar-refractivity contribution >= 4 is 0 Å². The van der Waals surface area contributed by atoms with Gasteiger partial charge in [-0.25, -0.2) is 0 Å². The number of hydrogen-bond acceptors (Lipinski definition) is 3. The molecule has 3 heteroatoms. The molecule has 0 radical (unpaired) electrons. The molecule has 0 aromatic carbocycles. The average Bonchev–Trinajstić information content (AvgIpc) is 3.34. The summed E-state index contributed by atoms with van der Waals surface area (Å²) in [6.45, 7) is 20.1. The van der Waals surface area contributed by atoms with Crippen molar-refractivity contribution < 1.29 is 0 Å². The van der Waals surface area contributed by atoms with Crippen LogP contribution < -0.4 is 0 Å². The predicted octanol–water partition coefficient (Wildman–Crippen LogP) is 4.72. The molecule has 3 fully saturated rings. The van der Waals surface area contributed by atoms with Crippen molar-refractivity contribution in [1.82, 2.24) is 14.7 Å². The third kappa shape index (κ3) is 7.01. The van der Waals surface area contributed by atoms with Crippen molar-refractivity contribution in [3.05, 3.63) is 0 Å². The van der Waals surface area contributed by atoms with Gasteiger partial charge in [0.1, 0.15) is 0 Å². The lowest BCUT2D eigenvalue weighted by Gasteiger charge is -2.38. The molecule has 0 N–H and O–H groups in total. The van der Waals surface area contributed by atoms with Crippen molar-refractivity contribution in [2.75, 3.05) is 52.4 Å². The molecule has 2 aliphatic heterocycles. The zero-order valence-corrected chi connectivity index (χ0v) is 18.9. The summed E-state index contributed by atoms with van der Waals surface area (Å²) in [6.07, 6.45) is 11.7. The first kappa shape index (κ1) is 21.6. The van der Waals surface area contributed by atoms with Gasteiger partial charge in [0.25, 0.3) is 0 Å². The Morgan fingerprint density at radius 2 is 1.44 bits per heavy atom. The van der Waals surface area contributed by atoms with Gasteiger partial charge in [0.15, 0.2) is 0 Å². The molecule has 2 heterocycles. The molecule has 0 aromatic rings. The summed E-state index contributed by atoms with van der Waals surface area (Å²) in [5.74, 6) is 1.81. The lowest BCUT2D eigenvalue weighted by atomic mass is 9.93. The van der Waals surface area contributed by atoms with Gasteiger partial charge < -0.3 is 9.80 Å². The fourth-order valence-electron chi connectivity index (χ4n) is 5.74. The second kappa shape index (κ2) is 10.1. The number of hydrogen-bond donors (Lipinski definition) is 0. The molecule has 158 valence electrons. The molecule has 0 amide bonds. The third-order valence-corrected chi connectivity index (χ3v) is 7.43. The first-order valence-corrected chi connectivity index (χ1v) is 12.1. The van der Waals surface area contributed by atoms with Gasteiger partial charge in [-0.3, -0.25) is 4.90 Å². The number of piperazine rings is 1. The van der Waals surface area contributed by atoms with Crippen molar-refractivity contribution in [2.45, 2.75) is 85.1 Å². The fraction of sp³-hybridized carbons (Fsp3) is 1.00. The molecule has 0 bridgehead atoms. The molecule has 1 aliphatic carbocycles. The van der Waals surface area contributed by atoms with Crippen LogP contribution in [0.3, 0.4) is 0 Å². The maximum absolute atomic E-state index is 2.85. The van der Waals surface area contributed by atoms with E-state index in [0.717, 1.165) is 11.8 Å². The van der Waals surface area contributed by atoms with Crippen molar-refractivity contribution in [3.63, 3.8) is 0 Å². The minimum absolute atomic E-state index is 0.706. The second-order valence-electron chi connectivity index (χ2n) is 10.8. The molecular weight excluding hydrogens is 330 g/mol. The highest BCUT2D eigenvalue weighted by Gasteiger charge is 2.43. The van der Waals surface area contributed by atoms with Crippen LogP contribution in [0.4, 0.5) is 0 Å². The Balaban J connectivity index is 1.40. The average molecular weight is 378 g/mol. The zero-order valence-electron chi connectivity index (χ0n) is 18.9. The van der Waals surface area contributed by atoms with Crippen LogP contribution in [-0.4, -0.2) is 73.1 Å². The summed E-state index contributed by atoms with van der Waals surface area (Å²) >= 11 is 0. The van der Waals surface area contributed by atoms with Crippen LogP contribution in [0, 0.1) is 17.3 Å². The highest BCUT2D eigenvalue weighted by atomic mass is 15.3. The quantitative estimate of drug-likeness (QED) is 0.635. The topological polar surface area (TPSA) is 9.72 Å². The zero-order chi connectivity index (χ0) is 19.3. The Labute approximate surface area is 169 Å². The van der Waals surface area contributed by atoms with E-state index in [4.69, 9.17) is 0 Å². The minimum Gasteiger partial charge on any atom is -0.303 e. The normalized spacial score (nSPS) is 28.9. The summed E-state index contributed by atoms with van der Waals surface area (Å²) in [6, 6.07) is 0.716. The van der Waals surface area contributed by atoms with E-state index in [1.165, 1.54) is 104 Å². The van der Waals surface area contributed by atoms with Crippen LogP contribution >= 0.6 is 0 Å². The second-order valence-corrected chi connectivity index (χ2v) is 10.8. The smallest absolute Gasteiger partial charge is 0.0113 e. The van der Waals surface area contributed by atoms with Crippen LogP contribution in [0.1, 0.15) is 79.1 Å². The van der Waals surface area contributed by atoms with Crippen molar-refractivity contribution in [1.29, 1.82) is 0 Å². The van der Waals surface area contributed by atoms with Crippen molar-refractivity contribution in [3.8, 4) is 0 Å². The van der Waals surface area contributed by atoms with E-state index in [1.54, 1.807) is 0 Å². The molecule has 3 aliphatic rings. The van der Waals surface area contributed by atoms with E-state index in [0.29, 0.717) is 11.5 Å². The molecule has 27 heavy (non-hydrogen) atoms. The highest BCUT2D eigenvalue weighted by molar-refractivity contribution is 4.96. The van der Waals surface area contributed by atoms with Gasteiger partial charge in [0.05, 0.1) is 0 Å². The first-order valence-electron chi connectivity index (χ1n) is 12.1. The first-order chi connectivity index (χ1) is 13.0. The Bertz CT molecular complexity index is 421.